The highest BCUT2D eigenvalue weighted by Crippen LogP contribution is 2.20. The predicted molar refractivity (Wildman–Crippen MR) is 73.8 cm³/mol. The molecule has 0 saturated heterocycles. The molecular weight excluding hydrogens is 228 g/mol. The van der Waals surface area contributed by atoms with Crippen LogP contribution in [0.5, 0.6) is 5.75 Å². The second-order valence-electron chi connectivity index (χ2n) is 4.34. The van der Waals surface area contributed by atoms with Crippen molar-refractivity contribution in [1.29, 1.82) is 0 Å². The van der Waals surface area contributed by atoms with Gasteiger partial charge in [-0.15, -0.1) is 0 Å². The summed E-state index contributed by atoms with van der Waals surface area (Å²) in [7, 11) is 1.74. The average Bonchev–Trinajstić information content (AvgIpc) is 2.26. The molecule has 1 aromatic rings. The third kappa shape index (κ3) is 3.80. The van der Waals surface area contributed by atoms with Crippen LogP contribution in [0.1, 0.15) is 24.2 Å². The molecule has 0 aliphatic heterocycles. The van der Waals surface area contributed by atoms with E-state index in [0.717, 1.165) is 5.57 Å². The molecule has 0 aliphatic rings. The van der Waals surface area contributed by atoms with E-state index in [2.05, 4.69) is 6.58 Å². The zero-order valence-corrected chi connectivity index (χ0v) is 11.2. The molecule has 1 aromatic carbocycles. The molecule has 4 heteroatoms. The molecule has 0 saturated carbocycles. The van der Waals surface area contributed by atoms with Crippen molar-refractivity contribution in [3.63, 3.8) is 0 Å². The number of anilines is 1. The van der Waals surface area contributed by atoms with Gasteiger partial charge in [-0.3, -0.25) is 4.79 Å². The largest absolute Gasteiger partial charge is 0.494 e. The molecule has 0 aliphatic carbocycles. The van der Waals surface area contributed by atoms with Gasteiger partial charge in [-0.05, 0) is 26.0 Å². The normalized spacial score (nSPS) is 9.94. The van der Waals surface area contributed by atoms with Crippen LogP contribution in [0.3, 0.4) is 0 Å². The van der Waals surface area contributed by atoms with Gasteiger partial charge in [-0.2, -0.15) is 0 Å². The van der Waals surface area contributed by atoms with Crippen LogP contribution in [0.2, 0.25) is 0 Å². The minimum Gasteiger partial charge on any atom is -0.494 e. The third-order valence-corrected chi connectivity index (χ3v) is 2.34. The molecule has 4 nitrogen and oxygen atoms in total. The highest BCUT2D eigenvalue weighted by atomic mass is 16.5. The van der Waals surface area contributed by atoms with E-state index in [9.17, 15) is 4.79 Å². The van der Waals surface area contributed by atoms with Crippen LogP contribution in [0.4, 0.5) is 5.69 Å². The summed E-state index contributed by atoms with van der Waals surface area (Å²) in [5, 5.41) is 0. The lowest BCUT2D eigenvalue weighted by Crippen LogP contribution is -2.28. The molecule has 0 radical (unpaired) electrons. The van der Waals surface area contributed by atoms with Crippen molar-refractivity contribution in [2.75, 3.05) is 25.9 Å². The Balaban J connectivity index is 2.94. The number of rotatable bonds is 5. The summed E-state index contributed by atoms with van der Waals surface area (Å²) in [6.07, 6.45) is 0. The summed E-state index contributed by atoms with van der Waals surface area (Å²) >= 11 is 0. The van der Waals surface area contributed by atoms with Crippen molar-refractivity contribution in [3.05, 3.63) is 35.9 Å². The van der Waals surface area contributed by atoms with Crippen molar-refractivity contribution in [3.8, 4) is 5.75 Å². The Morgan fingerprint density at radius 1 is 1.44 bits per heavy atom. The molecule has 1 amide bonds. The fourth-order valence-electron chi connectivity index (χ4n) is 1.69. The van der Waals surface area contributed by atoms with Crippen LogP contribution in [0.25, 0.3) is 0 Å². The molecule has 0 unspecified atom stereocenters. The number of hydrogen-bond donors (Lipinski definition) is 1. The first-order valence-corrected chi connectivity index (χ1v) is 5.87. The fraction of sp³-hybridized carbons (Fsp3) is 0.357. The van der Waals surface area contributed by atoms with E-state index in [1.54, 1.807) is 30.1 Å². The number of likely N-dealkylation sites (N-methyl/N-ethyl adjacent to an activating group) is 1. The Bertz CT molecular complexity index is 455. The quantitative estimate of drug-likeness (QED) is 0.642. The van der Waals surface area contributed by atoms with E-state index in [1.807, 2.05) is 13.8 Å². The summed E-state index contributed by atoms with van der Waals surface area (Å²) in [4.78, 5) is 13.8. The molecular formula is C14H20N2O2. The molecule has 18 heavy (non-hydrogen) atoms. The Hall–Kier alpha value is -1.97. The predicted octanol–water partition coefficient (Wildman–Crippen LogP) is 2.32. The van der Waals surface area contributed by atoms with Gasteiger partial charge in [0.2, 0.25) is 0 Å². The molecule has 0 spiro atoms. The Morgan fingerprint density at radius 2 is 2.11 bits per heavy atom. The first kappa shape index (κ1) is 14.1. The number of carbonyl (C=O) groups excluding carboxylic acids is 1. The molecule has 0 fully saturated rings. The minimum atomic E-state index is -0.0914. The number of ether oxygens (including phenoxy) is 1. The van der Waals surface area contributed by atoms with Crippen molar-refractivity contribution in [1.82, 2.24) is 4.90 Å². The van der Waals surface area contributed by atoms with Crippen LogP contribution in [0.15, 0.2) is 30.4 Å². The Kier molecular flexibility index (Phi) is 4.77. The van der Waals surface area contributed by atoms with Gasteiger partial charge in [-0.25, -0.2) is 0 Å². The summed E-state index contributed by atoms with van der Waals surface area (Å²) in [5.74, 6) is 0.524. The summed E-state index contributed by atoms with van der Waals surface area (Å²) in [6.45, 7) is 8.63. The topological polar surface area (TPSA) is 55.6 Å². The molecule has 2 N–H and O–H groups in total. The van der Waals surface area contributed by atoms with Crippen molar-refractivity contribution in [2.24, 2.45) is 0 Å². The average molecular weight is 248 g/mol. The smallest absolute Gasteiger partial charge is 0.254 e. The highest BCUT2D eigenvalue weighted by Gasteiger charge is 2.13. The molecule has 1 rings (SSSR count). The van der Waals surface area contributed by atoms with Gasteiger partial charge >= 0.3 is 0 Å². The number of amides is 1. The minimum absolute atomic E-state index is 0.0914. The van der Waals surface area contributed by atoms with Gasteiger partial charge in [0.1, 0.15) is 5.75 Å². The number of carbonyl (C=O) groups is 1. The Labute approximate surface area is 108 Å². The molecule has 0 aromatic heterocycles. The monoisotopic (exact) mass is 248 g/mol. The molecule has 0 atom stereocenters. The summed E-state index contributed by atoms with van der Waals surface area (Å²) < 4.78 is 5.37. The lowest BCUT2D eigenvalue weighted by atomic mass is 10.1. The van der Waals surface area contributed by atoms with Crippen molar-refractivity contribution >= 4 is 11.6 Å². The van der Waals surface area contributed by atoms with Gasteiger partial charge in [0, 0.05) is 30.9 Å². The van der Waals surface area contributed by atoms with Crippen LogP contribution in [0, 0.1) is 0 Å². The van der Waals surface area contributed by atoms with Crippen LogP contribution >= 0.6 is 0 Å². The first-order valence-electron chi connectivity index (χ1n) is 5.87. The lowest BCUT2D eigenvalue weighted by Gasteiger charge is -2.18. The number of nitrogen functional groups attached to an aromatic ring is 1. The fourth-order valence-corrected chi connectivity index (χ4v) is 1.69. The second kappa shape index (κ2) is 6.10. The maximum absolute atomic E-state index is 12.2. The highest BCUT2D eigenvalue weighted by molar-refractivity contribution is 5.95. The van der Waals surface area contributed by atoms with Gasteiger partial charge in [0.15, 0.2) is 0 Å². The second-order valence-corrected chi connectivity index (χ2v) is 4.34. The van der Waals surface area contributed by atoms with Crippen molar-refractivity contribution < 1.29 is 9.53 Å². The number of benzene rings is 1. The van der Waals surface area contributed by atoms with Gasteiger partial charge < -0.3 is 15.4 Å². The SMILES string of the molecule is C=C(C)CN(C)C(=O)c1cc(N)cc(OCC)c1. The van der Waals surface area contributed by atoms with E-state index in [-0.39, 0.29) is 5.91 Å². The molecule has 98 valence electrons. The van der Waals surface area contributed by atoms with E-state index >= 15 is 0 Å². The summed E-state index contributed by atoms with van der Waals surface area (Å²) in [5.41, 5.74) is 7.74. The van der Waals surface area contributed by atoms with Crippen molar-refractivity contribution in [2.45, 2.75) is 13.8 Å². The number of nitrogens with zero attached hydrogens (tertiary/aromatic N) is 1. The van der Waals surface area contributed by atoms with Gasteiger partial charge in [-0.1, -0.05) is 12.2 Å². The third-order valence-electron chi connectivity index (χ3n) is 2.34. The zero-order valence-electron chi connectivity index (χ0n) is 11.2. The van der Waals surface area contributed by atoms with Gasteiger partial charge in [0.25, 0.3) is 5.91 Å². The standard InChI is InChI=1S/C14H20N2O2/c1-5-18-13-7-11(6-12(15)8-13)14(17)16(4)9-10(2)3/h6-8H,2,5,9,15H2,1,3-4H3. The lowest BCUT2D eigenvalue weighted by molar-refractivity contribution is 0.0806. The Morgan fingerprint density at radius 3 is 2.67 bits per heavy atom. The van der Waals surface area contributed by atoms with Gasteiger partial charge in [0.05, 0.1) is 6.61 Å². The van der Waals surface area contributed by atoms with E-state index in [1.165, 1.54) is 0 Å². The van der Waals surface area contributed by atoms with Crippen LogP contribution in [-0.2, 0) is 0 Å². The maximum Gasteiger partial charge on any atom is 0.254 e. The van der Waals surface area contributed by atoms with Crippen LogP contribution < -0.4 is 10.5 Å². The van der Waals surface area contributed by atoms with Crippen LogP contribution in [-0.4, -0.2) is 31.0 Å². The molecule has 0 heterocycles. The maximum atomic E-state index is 12.2. The number of nitrogens with two attached hydrogens (primary N) is 1. The van der Waals surface area contributed by atoms with E-state index < -0.39 is 0 Å². The summed E-state index contributed by atoms with van der Waals surface area (Å²) in [6, 6.07) is 5.07. The van der Waals surface area contributed by atoms with E-state index in [0.29, 0.717) is 30.2 Å². The number of hydrogen-bond acceptors (Lipinski definition) is 3. The van der Waals surface area contributed by atoms with E-state index in [4.69, 9.17) is 10.5 Å². The first-order chi connectivity index (χ1) is 8.43. The zero-order chi connectivity index (χ0) is 13.7. The molecule has 0 bridgehead atoms.